The van der Waals surface area contributed by atoms with E-state index in [0.717, 1.165) is 19.3 Å². The predicted molar refractivity (Wildman–Crippen MR) is 90.4 cm³/mol. The van der Waals surface area contributed by atoms with Crippen LogP contribution in [0.1, 0.15) is 54.9 Å². The van der Waals surface area contributed by atoms with Crippen molar-refractivity contribution in [1.82, 2.24) is 5.32 Å². The van der Waals surface area contributed by atoms with Gasteiger partial charge in [-0.25, -0.2) is 0 Å². The second-order valence-corrected chi connectivity index (χ2v) is 6.27. The Morgan fingerprint density at radius 1 is 1.29 bits per heavy atom. The minimum Gasteiger partial charge on any atom is -0.392 e. The summed E-state index contributed by atoms with van der Waals surface area (Å²) in [6.45, 7) is 2.10. The van der Waals surface area contributed by atoms with Crippen molar-refractivity contribution in [3.63, 3.8) is 0 Å². The van der Waals surface area contributed by atoms with E-state index < -0.39 is 0 Å². The Labute approximate surface area is 132 Å². The second kappa shape index (κ2) is 7.55. The number of carbonyl (C=O) groups excluding carboxylic acids is 1. The summed E-state index contributed by atoms with van der Waals surface area (Å²) in [4.78, 5) is 12.8. The first-order chi connectivity index (χ1) is 10.1. The number of amides is 1. The molecule has 0 saturated heterocycles. The molecular formula is C17H24N2OS. The van der Waals surface area contributed by atoms with Crippen LogP contribution in [0.5, 0.6) is 0 Å². The largest absolute Gasteiger partial charge is 0.392 e. The van der Waals surface area contributed by atoms with Gasteiger partial charge < -0.3 is 11.1 Å². The van der Waals surface area contributed by atoms with Gasteiger partial charge in [-0.15, -0.1) is 0 Å². The molecule has 1 aliphatic rings. The third kappa shape index (κ3) is 4.27. The van der Waals surface area contributed by atoms with E-state index in [-0.39, 0.29) is 11.9 Å². The molecule has 0 aromatic heterocycles. The molecule has 0 radical (unpaired) electrons. The van der Waals surface area contributed by atoms with Crippen LogP contribution >= 0.6 is 12.2 Å². The molecule has 1 fully saturated rings. The van der Waals surface area contributed by atoms with Crippen LogP contribution in [0.4, 0.5) is 0 Å². The number of rotatable bonds is 5. The van der Waals surface area contributed by atoms with Crippen molar-refractivity contribution in [2.24, 2.45) is 11.7 Å². The first kappa shape index (κ1) is 16.0. The van der Waals surface area contributed by atoms with Crippen molar-refractivity contribution in [3.8, 4) is 0 Å². The van der Waals surface area contributed by atoms with Crippen molar-refractivity contribution >= 4 is 23.1 Å². The fourth-order valence-corrected chi connectivity index (χ4v) is 3.26. The maximum atomic E-state index is 12.4. The number of nitrogens with two attached hydrogens (primary N) is 1. The van der Waals surface area contributed by atoms with Crippen LogP contribution in [0.3, 0.4) is 0 Å². The highest BCUT2D eigenvalue weighted by atomic mass is 32.1. The Bertz CT molecular complexity index is 492. The Kier molecular flexibility index (Phi) is 5.74. The molecule has 1 aliphatic carbocycles. The van der Waals surface area contributed by atoms with Gasteiger partial charge in [0, 0.05) is 5.56 Å². The summed E-state index contributed by atoms with van der Waals surface area (Å²) in [6.07, 6.45) is 6.83. The molecule has 1 aromatic carbocycles. The van der Waals surface area contributed by atoms with Crippen LogP contribution in [-0.2, 0) is 6.42 Å². The quantitative estimate of drug-likeness (QED) is 0.821. The molecule has 1 unspecified atom stereocenters. The highest BCUT2D eigenvalue weighted by Gasteiger charge is 2.27. The van der Waals surface area contributed by atoms with Crippen molar-refractivity contribution in [2.45, 2.75) is 51.5 Å². The highest BCUT2D eigenvalue weighted by molar-refractivity contribution is 7.80. The Hall–Kier alpha value is -1.42. The normalized spacial score (nSPS) is 17.2. The third-order valence-corrected chi connectivity index (χ3v) is 4.59. The number of thiocarbonyl (C=S) groups is 1. The summed E-state index contributed by atoms with van der Waals surface area (Å²) in [6, 6.07) is 7.53. The van der Waals surface area contributed by atoms with Gasteiger partial charge in [0.25, 0.3) is 5.91 Å². The van der Waals surface area contributed by atoms with Crippen molar-refractivity contribution in [1.29, 1.82) is 0 Å². The molecule has 2 rings (SSSR count). The minimum absolute atomic E-state index is 0.0824. The molecule has 3 nitrogen and oxygen atoms in total. The zero-order valence-corrected chi connectivity index (χ0v) is 13.4. The number of hydrogen-bond donors (Lipinski definition) is 2. The van der Waals surface area contributed by atoms with E-state index in [1.54, 1.807) is 0 Å². The van der Waals surface area contributed by atoms with Gasteiger partial charge in [-0.2, -0.15) is 0 Å². The summed E-state index contributed by atoms with van der Waals surface area (Å²) in [5.74, 6) is 0.302. The molecule has 4 heteroatoms. The molecule has 0 bridgehead atoms. The molecule has 1 atom stereocenters. The summed E-state index contributed by atoms with van der Waals surface area (Å²) in [7, 11) is 0. The summed E-state index contributed by atoms with van der Waals surface area (Å²) < 4.78 is 0. The van der Waals surface area contributed by atoms with Crippen molar-refractivity contribution < 1.29 is 4.79 Å². The predicted octanol–water partition coefficient (Wildman–Crippen LogP) is 3.21. The van der Waals surface area contributed by atoms with Gasteiger partial charge >= 0.3 is 0 Å². The lowest BCUT2D eigenvalue weighted by molar-refractivity contribution is 0.0932. The SMILES string of the molecule is CCc1ccc(C(=O)NC(C(N)=S)C2CCCCC2)cc1. The van der Waals surface area contributed by atoms with E-state index in [2.05, 4.69) is 12.2 Å². The van der Waals surface area contributed by atoms with Crippen LogP contribution in [0.2, 0.25) is 0 Å². The van der Waals surface area contributed by atoms with Gasteiger partial charge in [0.15, 0.2) is 0 Å². The van der Waals surface area contributed by atoms with E-state index in [9.17, 15) is 4.79 Å². The Morgan fingerprint density at radius 2 is 1.90 bits per heavy atom. The molecule has 1 saturated carbocycles. The van der Waals surface area contributed by atoms with Gasteiger partial charge in [0.05, 0.1) is 11.0 Å². The van der Waals surface area contributed by atoms with Crippen molar-refractivity contribution in [3.05, 3.63) is 35.4 Å². The lowest BCUT2D eigenvalue weighted by Gasteiger charge is -2.30. The van der Waals surface area contributed by atoms with Crippen LogP contribution in [-0.4, -0.2) is 16.9 Å². The summed E-state index contributed by atoms with van der Waals surface area (Å²) in [5, 5.41) is 3.03. The van der Waals surface area contributed by atoms with Gasteiger partial charge in [-0.1, -0.05) is 50.5 Å². The average molecular weight is 304 g/mol. The fourth-order valence-electron chi connectivity index (χ4n) is 3.01. The standard InChI is InChI=1S/C17H24N2OS/c1-2-12-8-10-14(11-9-12)17(20)19-15(16(18)21)13-6-4-3-5-7-13/h8-11,13,15H,2-7H2,1H3,(H2,18,21)(H,19,20). The maximum absolute atomic E-state index is 12.4. The van der Waals surface area contributed by atoms with Gasteiger partial charge in [0.1, 0.15) is 0 Å². The Balaban J connectivity index is 2.04. The first-order valence-electron chi connectivity index (χ1n) is 7.81. The molecule has 1 amide bonds. The Morgan fingerprint density at radius 3 is 2.43 bits per heavy atom. The molecule has 0 aliphatic heterocycles. The average Bonchev–Trinajstić information content (AvgIpc) is 2.53. The minimum atomic E-state index is -0.182. The summed E-state index contributed by atoms with van der Waals surface area (Å²) >= 11 is 5.17. The zero-order chi connectivity index (χ0) is 15.2. The molecule has 0 spiro atoms. The van der Waals surface area contributed by atoms with E-state index in [1.165, 1.54) is 24.8 Å². The third-order valence-electron chi connectivity index (χ3n) is 4.34. The zero-order valence-electron chi connectivity index (χ0n) is 12.6. The number of carbonyl (C=O) groups is 1. The molecule has 1 aromatic rings. The molecule has 114 valence electrons. The van der Waals surface area contributed by atoms with E-state index in [4.69, 9.17) is 18.0 Å². The number of benzene rings is 1. The molecule has 21 heavy (non-hydrogen) atoms. The number of nitrogens with one attached hydrogen (secondary N) is 1. The molecule has 3 N–H and O–H groups in total. The second-order valence-electron chi connectivity index (χ2n) is 5.80. The van der Waals surface area contributed by atoms with Gasteiger partial charge in [-0.3, -0.25) is 4.79 Å². The summed E-state index contributed by atoms with van der Waals surface area (Å²) in [5.41, 5.74) is 7.75. The van der Waals surface area contributed by atoms with Crippen LogP contribution in [0, 0.1) is 5.92 Å². The lowest BCUT2D eigenvalue weighted by atomic mass is 9.83. The monoisotopic (exact) mass is 304 g/mol. The number of hydrogen-bond acceptors (Lipinski definition) is 2. The lowest BCUT2D eigenvalue weighted by Crippen LogP contribution is -2.48. The van der Waals surface area contributed by atoms with E-state index in [1.807, 2.05) is 24.3 Å². The first-order valence-corrected chi connectivity index (χ1v) is 8.21. The topological polar surface area (TPSA) is 55.1 Å². The highest BCUT2D eigenvalue weighted by Crippen LogP contribution is 2.26. The van der Waals surface area contributed by atoms with Crippen LogP contribution in [0.25, 0.3) is 0 Å². The molecular weight excluding hydrogens is 280 g/mol. The van der Waals surface area contributed by atoms with Crippen LogP contribution < -0.4 is 11.1 Å². The maximum Gasteiger partial charge on any atom is 0.251 e. The van der Waals surface area contributed by atoms with Crippen LogP contribution in [0.15, 0.2) is 24.3 Å². The van der Waals surface area contributed by atoms with E-state index in [0.29, 0.717) is 16.5 Å². The van der Waals surface area contributed by atoms with Gasteiger partial charge in [-0.05, 0) is 42.9 Å². The van der Waals surface area contributed by atoms with Gasteiger partial charge in [0.2, 0.25) is 0 Å². The number of aryl methyl sites for hydroxylation is 1. The smallest absolute Gasteiger partial charge is 0.251 e. The van der Waals surface area contributed by atoms with Crippen molar-refractivity contribution in [2.75, 3.05) is 0 Å². The van der Waals surface area contributed by atoms with E-state index >= 15 is 0 Å². The fraction of sp³-hybridized carbons (Fsp3) is 0.529. The molecule has 0 heterocycles.